The second-order valence-corrected chi connectivity index (χ2v) is 11.1. The molecule has 1 heterocycles. The van der Waals surface area contributed by atoms with E-state index in [-0.39, 0.29) is 18.8 Å². The first kappa shape index (κ1) is 32.3. The van der Waals surface area contributed by atoms with Gasteiger partial charge in [-0.25, -0.2) is 4.79 Å². The number of benzene rings is 3. The van der Waals surface area contributed by atoms with Crippen LogP contribution in [0.4, 0.5) is 0 Å². The molecule has 1 N–H and O–H groups in total. The number of carbonyl (C=O) groups excluding carboxylic acids is 3. The molecule has 0 saturated heterocycles. The van der Waals surface area contributed by atoms with Crippen LogP contribution in [-0.2, 0) is 30.5 Å². The predicted molar refractivity (Wildman–Crippen MR) is 171 cm³/mol. The first-order valence-corrected chi connectivity index (χ1v) is 15.4. The van der Waals surface area contributed by atoms with Gasteiger partial charge in [0.2, 0.25) is 0 Å². The Bertz CT molecular complexity index is 1680. The molecule has 0 unspecified atom stereocenters. The van der Waals surface area contributed by atoms with Gasteiger partial charge in [0, 0.05) is 28.8 Å². The van der Waals surface area contributed by atoms with E-state index in [0.717, 1.165) is 11.1 Å². The SMILES string of the molecule is CCOC(=O)C1=C(C)NC2=C(C(=O)[C@H](C(=O)OCC)[C@@H](c3cccc(OC)c3)C2)[C@H]1c1ccc(OCc2ccccc2)c(OC)c1. The fourth-order valence-electron chi connectivity index (χ4n) is 6.25. The molecule has 2 aliphatic rings. The van der Waals surface area contributed by atoms with E-state index in [1.165, 1.54) is 7.11 Å². The van der Waals surface area contributed by atoms with Gasteiger partial charge < -0.3 is 29.0 Å². The quantitative estimate of drug-likeness (QED) is 0.203. The Hall–Kier alpha value is -5.05. The van der Waals surface area contributed by atoms with Crippen LogP contribution in [0.1, 0.15) is 55.7 Å². The third kappa shape index (κ3) is 6.49. The second-order valence-electron chi connectivity index (χ2n) is 11.1. The monoisotopic (exact) mass is 625 g/mol. The molecular weight excluding hydrogens is 586 g/mol. The number of ether oxygens (including phenoxy) is 5. The maximum atomic E-state index is 14.7. The van der Waals surface area contributed by atoms with Gasteiger partial charge in [0.25, 0.3) is 0 Å². The fourth-order valence-corrected chi connectivity index (χ4v) is 6.25. The minimum absolute atomic E-state index is 0.121. The Balaban J connectivity index is 1.62. The summed E-state index contributed by atoms with van der Waals surface area (Å²) in [5, 5.41) is 3.33. The Morgan fingerprint density at radius 2 is 1.61 bits per heavy atom. The smallest absolute Gasteiger partial charge is 0.336 e. The number of nitrogens with one attached hydrogen (secondary N) is 1. The molecule has 5 rings (SSSR count). The first-order chi connectivity index (χ1) is 22.3. The zero-order chi connectivity index (χ0) is 32.8. The number of rotatable bonds is 11. The number of hydrogen-bond donors (Lipinski definition) is 1. The number of dihydropyridines is 1. The molecular formula is C37H39NO8. The summed E-state index contributed by atoms with van der Waals surface area (Å²) in [5.74, 6) is -2.50. The van der Waals surface area contributed by atoms with E-state index in [2.05, 4.69) is 5.32 Å². The lowest BCUT2D eigenvalue weighted by atomic mass is 9.67. The van der Waals surface area contributed by atoms with Gasteiger partial charge in [-0.3, -0.25) is 9.59 Å². The number of hydrogen-bond acceptors (Lipinski definition) is 9. The Kier molecular flexibility index (Phi) is 10.1. The van der Waals surface area contributed by atoms with Crippen LogP contribution in [0.2, 0.25) is 0 Å². The predicted octanol–water partition coefficient (Wildman–Crippen LogP) is 6.00. The molecule has 3 atom stereocenters. The van der Waals surface area contributed by atoms with Gasteiger partial charge in [0.05, 0.1) is 33.0 Å². The molecule has 0 amide bonds. The maximum absolute atomic E-state index is 14.7. The molecule has 9 heteroatoms. The number of ketones is 1. The van der Waals surface area contributed by atoms with Crippen LogP contribution in [0.15, 0.2) is 95.3 Å². The van der Waals surface area contributed by atoms with Gasteiger partial charge in [-0.2, -0.15) is 0 Å². The molecule has 0 radical (unpaired) electrons. The standard InChI is InChI=1S/C37H39NO8/c1-6-44-36(40)31-22(3)38-28-20-27(24-14-11-15-26(18-24)42-4)33(37(41)45-7-2)35(39)34(28)32(31)25-16-17-29(30(19-25)43-5)46-21-23-12-9-8-10-13-23/h8-19,27,32-33,38H,6-7,20-21H2,1-5H3/t27-,32+,33-/m1/s1. The first-order valence-electron chi connectivity index (χ1n) is 15.4. The summed E-state index contributed by atoms with van der Waals surface area (Å²) in [6.45, 7) is 5.83. The Labute approximate surface area is 269 Å². The molecule has 9 nitrogen and oxygen atoms in total. The van der Waals surface area contributed by atoms with E-state index in [1.54, 1.807) is 40.0 Å². The van der Waals surface area contributed by atoms with Crippen molar-refractivity contribution in [3.8, 4) is 17.2 Å². The van der Waals surface area contributed by atoms with Crippen LogP contribution in [0.3, 0.4) is 0 Å². The molecule has 0 spiro atoms. The van der Waals surface area contributed by atoms with E-state index in [4.69, 9.17) is 23.7 Å². The van der Waals surface area contributed by atoms with Gasteiger partial charge >= 0.3 is 11.9 Å². The number of methoxy groups -OCH3 is 2. The minimum atomic E-state index is -1.13. The molecule has 240 valence electrons. The molecule has 0 aromatic heterocycles. The highest BCUT2D eigenvalue weighted by molar-refractivity contribution is 6.13. The van der Waals surface area contributed by atoms with E-state index in [9.17, 15) is 14.4 Å². The van der Waals surface area contributed by atoms with E-state index < -0.39 is 35.5 Å². The van der Waals surface area contributed by atoms with Crippen molar-refractivity contribution < 1.29 is 38.1 Å². The maximum Gasteiger partial charge on any atom is 0.336 e. The average Bonchev–Trinajstić information content (AvgIpc) is 3.07. The van der Waals surface area contributed by atoms with Gasteiger partial charge in [0.1, 0.15) is 18.3 Å². The van der Waals surface area contributed by atoms with Crippen molar-refractivity contribution in [2.24, 2.45) is 5.92 Å². The number of esters is 2. The van der Waals surface area contributed by atoms with Crippen molar-refractivity contribution in [1.82, 2.24) is 5.32 Å². The molecule has 0 fully saturated rings. The van der Waals surface area contributed by atoms with Crippen LogP contribution in [-0.4, -0.2) is 45.2 Å². The Morgan fingerprint density at radius 1 is 0.848 bits per heavy atom. The zero-order valence-electron chi connectivity index (χ0n) is 26.8. The molecule has 3 aromatic rings. The number of allylic oxidation sites excluding steroid dienone is 3. The van der Waals surface area contributed by atoms with Gasteiger partial charge in [-0.05, 0) is 68.1 Å². The van der Waals surface area contributed by atoms with Crippen LogP contribution >= 0.6 is 0 Å². The highest BCUT2D eigenvalue weighted by atomic mass is 16.5. The summed E-state index contributed by atoms with van der Waals surface area (Å²) >= 11 is 0. The summed E-state index contributed by atoms with van der Waals surface area (Å²) in [6.07, 6.45) is 0.330. The number of Topliss-reactive ketones (excluding diaryl/α,β-unsaturated/α-hetero) is 1. The Morgan fingerprint density at radius 3 is 2.30 bits per heavy atom. The highest BCUT2D eigenvalue weighted by Gasteiger charge is 2.49. The summed E-state index contributed by atoms with van der Waals surface area (Å²) in [5.41, 5.74) is 4.20. The van der Waals surface area contributed by atoms with Crippen LogP contribution < -0.4 is 19.5 Å². The van der Waals surface area contributed by atoms with Crippen LogP contribution in [0.5, 0.6) is 17.2 Å². The second kappa shape index (κ2) is 14.4. The van der Waals surface area contributed by atoms with Gasteiger partial charge in [0.15, 0.2) is 17.3 Å². The fraction of sp³-hybridized carbons (Fsp3) is 0.324. The van der Waals surface area contributed by atoms with Crippen molar-refractivity contribution in [2.45, 2.75) is 45.6 Å². The summed E-state index contributed by atoms with van der Waals surface area (Å²) in [4.78, 5) is 41.7. The lowest BCUT2D eigenvalue weighted by molar-refractivity contribution is -0.152. The topological polar surface area (TPSA) is 109 Å². The molecule has 0 saturated carbocycles. The molecule has 46 heavy (non-hydrogen) atoms. The highest BCUT2D eigenvalue weighted by Crippen LogP contribution is 2.49. The lowest BCUT2D eigenvalue weighted by Gasteiger charge is -2.39. The van der Waals surface area contributed by atoms with Gasteiger partial charge in [-0.1, -0.05) is 48.5 Å². The van der Waals surface area contributed by atoms with E-state index in [0.29, 0.717) is 52.8 Å². The summed E-state index contributed by atoms with van der Waals surface area (Å²) in [7, 11) is 3.11. The molecule has 1 aliphatic heterocycles. The van der Waals surface area contributed by atoms with Crippen molar-refractivity contribution in [2.75, 3.05) is 27.4 Å². The van der Waals surface area contributed by atoms with Gasteiger partial charge in [-0.15, -0.1) is 0 Å². The number of carbonyl (C=O) groups is 3. The summed E-state index contributed by atoms with van der Waals surface area (Å²) < 4.78 is 28.2. The third-order valence-corrected chi connectivity index (χ3v) is 8.34. The average molecular weight is 626 g/mol. The molecule has 3 aromatic carbocycles. The van der Waals surface area contributed by atoms with Crippen molar-refractivity contribution in [3.63, 3.8) is 0 Å². The normalized spacial score (nSPS) is 19.2. The van der Waals surface area contributed by atoms with Crippen molar-refractivity contribution >= 4 is 17.7 Å². The van der Waals surface area contributed by atoms with Crippen LogP contribution in [0, 0.1) is 5.92 Å². The van der Waals surface area contributed by atoms with Crippen molar-refractivity contribution in [1.29, 1.82) is 0 Å². The van der Waals surface area contributed by atoms with E-state index >= 15 is 0 Å². The molecule has 1 aliphatic carbocycles. The summed E-state index contributed by atoms with van der Waals surface area (Å²) in [6, 6.07) is 22.5. The molecule has 0 bridgehead atoms. The van der Waals surface area contributed by atoms with E-state index in [1.807, 2.05) is 60.7 Å². The van der Waals surface area contributed by atoms with Crippen LogP contribution in [0.25, 0.3) is 0 Å². The lowest BCUT2D eigenvalue weighted by Crippen LogP contribution is -2.43. The largest absolute Gasteiger partial charge is 0.497 e. The zero-order valence-corrected chi connectivity index (χ0v) is 26.8. The van der Waals surface area contributed by atoms with Crippen molar-refractivity contribution in [3.05, 3.63) is 112 Å². The minimum Gasteiger partial charge on any atom is -0.497 e. The third-order valence-electron chi connectivity index (χ3n) is 8.34.